The second kappa shape index (κ2) is 7.47. The van der Waals surface area contributed by atoms with Crippen molar-refractivity contribution in [2.75, 3.05) is 11.9 Å². The Bertz CT molecular complexity index is 843. The Labute approximate surface area is 151 Å². The van der Waals surface area contributed by atoms with E-state index in [9.17, 15) is 4.79 Å². The van der Waals surface area contributed by atoms with Crippen molar-refractivity contribution in [2.45, 2.75) is 31.7 Å². The molecule has 0 spiro atoms. The highest BCUT2D eigenvalue weighted by Crippen LogP contribution is 2.31. The van der Waals surface area contributed by atoms with Crippen LogP contribution in [0.5, 0.6) is 0 Å². The monoisotopic (exact) mass is 351 g/mol. The van der Waals surface area contributed by atoms with Gasteiger partial charge in [0.25, 0.3) is 0 Å². The summed E-state index contributed by atoms with van der Waals surface area (Å²) < 4.78 is 10.9. The average molecular weight is 351 g/mol. The molecule has 6 nitrogen and oxygen atoms in total. The molecule has 2 amide bonds. The van der Waals surface area contributed by atoms with Crippen molar-refractivity contribution < 1.29 is 13.6 Å². The highest BCUT2D eigenvalue weighted by Gasteiger charge is 2.28. The standard InChI is InChI=1S/C20H21N3O3/c24-20(22-16-7-4-6-15(12-16)19-13-21-14-26-19)23-10-3-1-2-8-17(23)18-9-5-11-25-18/h4-7,9,11-14,17H,1-3,8,10H2,(H,22,24)/t17-/m0/s1. The summed E-state index contributed by atoms with van der Waals surface area (Å²) in [5.74, 6) is 1.52. The first-order valence-electron chi connectivity index (χ1n) is 8.91. The number of carbonyl (C=O) groups excluding carboxylic acids is 1. The van der Waals surface area contributed by atoms with Gasteiger partial charge in [0.15, 0.2) is 12.2 Å². The second-order valence-electron chi connectivity index (χ2n) is 6.45. The van der Waals surface area contributed by atoms with Gasteiger partial charge in [-0.05, 0) is 37.1 Å². The molecule has 1 aromatic carbocycles. The first kappa shape index (κ1) is 16.4. The van der Waals surface area contributed by atoms with Crippen LogP contribution in [-0.2, 0) is 0 Å². The van der Waals surface area contributed by atoms with Crippen LogP contribution in [-0.4, -0.2) is 22.5 Å². The zero-order valence-electron chi connectivity index (χ0n) is 14.4. The zero-order valence-corrected chi connectivity index (χ0v) is 14.4. The van der Waals surface area contributed by atoms with Crippen molar-refractivity contribution in [3.8, 4) is 11.3 Å². The molecule has 3 aromatic rings. The van der Waals surface area contributed by atoms with Crippen molar-refractivity contribution in [1.29, 1.82) is 0 Å². The summed E-state index contributed by atoms with van der Waals surface area (Å²) in [6.45, 7) is 0.721. The van der Waals surface area contributed by atoms with Crippen LogP contribution in [0.1, 0.15) is 37.5 Å². The van der Waals surface area contributed by atoms with Crippen molar-refractivity contribution >= 4 is 11.7 Å². The quantitative estimate of drug-likeness (QED) is 0.714. The third kappa shape index (κ3) is 3.49. The molecule has 3 heterocycles. The summed E-state index contributed by atoms with van der Waals surface area (Å²) in [6.07, 6.45) is 8.85. The van der Waals surface area contributed by atoms with Gasteiger partial charge in [-0.25, -0.2) is 9.78 Å². The van der Waals surface area contributed by atoms with Crippen LogP contribution in [0.4, 0.5) is 10.5 Å². The second-order valence-corrected chi connectivity index (χ2v) is 6.45. The van der Waals surface area contributed by atoms with Crippen LogP contribution in [0.15, 0.2) is 64.1 Å². The van der Waals surface area contributed by atoms with Gasteiger partial charge in [-0.15, -0.1) is 0 Å². The van der Waals surface area contributed by atoms with Crippen LogP contribution in [0.25, 0.3) is 11.3 Å². The van der Waals surface area contributed by atoms with E-state index in [4.69, 9.17) is 8.83 Å². The van der Waals surface area contributed by atoms with Crippen LogP contribution in [0.2, 0.25) is 0 Å². The van der Waals surface area contributed by atoms with Crippen LogP contribution >= 0.6 is 0 Å². The van der Waals surface area contributed by atoms with Crippen molar-refractivity contribution in [1.82, 2.24) is 9.88 Å². The predicted octanol–water partition coefficient (Wildman–Crippen LogP) is 5.08. The van der Waals surface area contributed by atoms with Gasteiger partial charge in [0.2, 0.25) is 0 Å². The van der Waals surface area contributed by atoms with E-state index in [1.807, 2.05) is 41.3 Å². The van der Waals surface area contributed by atoms with Gasteiger partial charge in [-0.1, -0.05) is 25.0 Å². The molecule has 134 valence electrons. The minimum Gasteiger partial charge on any atom is -0.467 e. The van der Waals surface area contributed by atoms with Gasteiger partial charge in [-0.3, -0.25) is 0 Å². The molecular weight excluding hydrogens is 330 g/mol. The number of nitrogens with zero attached hydrogens (tertiary/aromatic N) is 2. The molecule has 1 fully saturated rings. The number of benzene rings is 1. The number of amides is 2. The van der Waals surface area contributed by atoms with Gasteiger partial charge in [0.1, 0.15) is 5.76 Å². The molecular formula is C20H21N3O3. The summed E-state index contributed by atoms with van der Waals surface area (Å²) in [5, 5.41) is 3.02. The zero-order chi connectivity index (χ0) is 17.8. The molecule has 26 heavy (non-hydrogen) atoms. The molecule has 0 saturated carbocycles. The molecule has 6 heteroatoms. The van der Waals surface area contributed by atoms with E-state index in [1.54, 1.807) is 12.5 Å². The van der Waals surface area contributed by atoms with Gasteiger partial charge < -0.3 is 19.1 Å². The number of likely N-dealkylation sites (tertiary alicyclic amines) is 1. The molecule has 1 aliphatic heterocycles. The smallest absolute Gasteiger partial charge is 0.322 e. The number of rotatable bonds is 3. The lowest BCUT2D eigenvalue weighted by Crippen LogP contribution is -2.37. The number of urea groups is 1. The highest BCUT2D eigenvalue weighted by atomic mass is 16.3. The Morgan fingerprint density at radius 3 is 2.92 bits per heavy atom. The van der Waals surface area contributed by atoms with Crippen molar-refractivity contribution in [3.63, 3.8) is 0 Å². The number of hydrogen-bond acceptors (Lipinski definition) is 4. The maximum Gasteiger partial charge on any atom is 0.322 e. The van der Waals surface area contributed by atoms with Gasteiger partial charge in [-0.2, -0.15) is 0 Å². The summed E-state index contributed by atoms with van der Waals surface area (Å²) >= 11 is 0. The van der Waals surface area contributed by atoms with E-state index in [0.717, 1.165) is 49.2 Å². The molecule has 1 N–H and O–H groups in total. The van der Waals surface area contributed by atoms with E-state index < -0.39 is 0 Å². The lowest BCUT2D eigenvalue weighted by molar-refractivity contribution is 0.179. The molecule has 0 bridgehead atoms. The fourth-order valence-corrected chi connectivity index (χ4v) is 3.43. The molecule has 0 unspecified atom stereocenters. The van der Waals surface area contributed by atoms with Gasteiger partial charge in [0, 0.05) is 17.8 Å². The van der Waals surface area contributed by atoms with Crippen molar-refractivity contribution in [3.05, 3.63) is 61.0 Å². The van der Waals surface area contributed by atoms with E-state index in [1.165, 1.54) is 6.39 Å². The molecule has 2 aromatic heterocycles. The first-order valence-corrected chi connectivity index (χ1v) is 8.91. The SMILES string of the molecule is O=C(Nc1cccc(-c2cnco2)c1)N1CCCCC[C@H]1c1ccco1. The summed E-state index contributed by atoms with van der Waals surface area (Å²) in [5.41, 5.74) is 1.60. The number of hydrogen-bond donors (Lipinski definition) is 1. The van der Waals surface area contributed by atoms with E-state index in [2.05, 4.69) is 10.3 Å². The van der Waals surface area contributed by atoms with Crippen LogP contribution < -0.4 is 5.32 Å². The summed E-state index contributed by atoms with van der Waals surface area (Å²) in [7, 11) is 0. The molecule has 1 atom stereocenters. The maximum absolute atomic E-state index is 13.0. The first-order chi connectivity index (χ1) is 12.8. The minimum absolute atomic E-state index is 0.0232. The van der Waals surface area contributed by atoms with Gasteiger partial charge in [0.05, 0.1) is 18.5 Å². The van der Waals surface area contributed by atoms with Crippen LogP contribution in [0, 0.1) is 0 Å². The predicted molar refractivity (Wildman–Crippen MR) is 97.6 cm³/mol. The Morgan fingerprint density at radius 1 is 1.15 bits per heavy atom. The number of nitrogens with one attached hydrogen (secondary N) is 1. The average Bonchev–Trinajstić information content (AvgIpc) is 3.32. The summed E-state index contributed by atoms with van der Waals surface area (Å²) in [6, 6.07) is 11.3. The van der Waals surface area contributed by atoms with Gasteiger partial charge >= 0.3 is 6.03 Å². The lowest BCUT2D eigenvalue weighted by atomic mass is 10.1. The normalized spacial score (nSPS) is 17.7. The van der Waals surface area contributed by atoms with Crippen LogP contribution in [0.3, 0.4) is 0 Å². The lowest BCUT2D eigenvalue weighted by Gasteiger charge is -2.28. The largest absolute Gasteiger partial charge is 0.467 e. The summed E-state index contributed by atoms with van der Waals surface area (Å²) in [4.78, 5) is 18.8. The maximum atomic E-state index is 13.0. The van der Waals surface area contributed by atoms with E-state index in [0.29, 0.717) is 5.76 Å². The third-order valence-corrected chi connectivity index (χ3v) is 4.72. The Hall–Kier alpha value is -3.02. The third-order valence-electron chi connectivity index (χ3n) is 4.72. The topological polar surface area (TPSA) is 71.5 Å². The Kier molecular flexibility index (Phi) is 4.73. The van der Waals surface area contributed by atoms with Crippen molar-refractivity contribution in [2.24, 2.45) is 0 Å². The fourth-order valence-electron chi connectivity index (χ4n) is 3.43. The highest BCUT2D eigenvalue weighted by molar-refractivity contribution is 5.90. The molecule has 4 rings (SSSR count). The number of carbonyl (C=O) groups is 1. The number of oxazole rings is 1. The Balaban J connectivity index is 1.53. The number of anilines is 1. The Morgan fingerprint density at radius 2 is 2.12 bits per heavy atom. The van der Waals surface area contributed by atoms with E-state index >= 15 is 0 Å². The molecule has 1 saturated heterocycles. The minimum atomic E-state index is -0.108. The van der Waals surface area contributed by atoms with E-state index in [-0.39, 0.29) is 12.1 Å². The fraction of sp³-hybridized carbons (Fsp3) is 0.300. The molecule has 1 aliphatic rings. The number of aromatic nitrogens is 1. The number of furan rings is 1. The molecule has 0 aliphatic carbocycles. The molecule has 0 radical (unpaired) electrons.